The van der Waals surface area contributed by atoms with Gasteiger partial charge in [0.1, 0.15) is 5.75 Å². The van der Waals surface area contributed by atoms with E-state index in [1.165, 1.54) is 6.07 Å². The van der Waals surface area contributed by atoms with E-state index in [1.807, 2.05) is 36.4 Å². The molecule has 0 spiro atoms. The summed E-state index contributed by atoms with van der Waals surface area (Å²) in [6.07, 6.45) is 0. The molecule has 0 aromatic heterocycles. The van der Waals surface area contributed by atoms with Gasteiger partial charge in [-0.25, -0.2) is 4.79 Å². The van der Waals surface area contributed by atoms with E-state index in [-0.39, 0.29) is 11.3 Å². The Kier molecular flexibility index (Phi) is 2.88. The molecule has 0 aliphatic carbocycles. The molecule has 3 heteroatoms. The maximum Gasteiger partial charge on any atom is 0.336 e. The van der Waals surface area contributed by atoms with E-state index in [9.17, 15) is 15.0 Å². The van der Waals surface area contributed by atoms with Crippen LogP contribution in [0.25, 0.3) is 21.9 Å². The molecule has 0 fully saturated rings. The Bertz CT molecular complexity index is 792. The van der Waals surface area contributed by atoms with Crippen LogP contribution in [0.2, 0.25) is 0 Å². The third-order valence-corrected chi connectivity index (χ3v) is 3.33. The summed E-state index contributed by atoms with van der Waals surface area (Å²) in [5.41, 5.74) is 1.68. The average Bonchev–Trinajstić information content (AvgIpc) is 2.47. The molecular weight excluding hydrogens is 252 g/mol. The first-order valence-electron chi connectivity index (χ1n) is 6.22. The second-order valence-electron chi connectivity index (χ2n) is 4.53. The number of hydrogen-bond donors (Lipinski definition) is 2. The standard InChI is InChI=1S/C17H12O3/c18-15-8-4-7-13-12(15)9-10-14(17(19)20)16(13)11-5-2-1-3-6-11/h1-10,18H,(H,19,20). The minimum atomic E-state index is -0.978. The van der Waals surface area contributed by atoms with Crippen LogP contribution >= 0.6 is 0 Å². The summed E-state index contributed by atoms with van der Waals surface area (Å²) < 4.78 is 0. The highest BCUT2D eigenvalue weighted by atomic mass is 16.4. The fraction of sp³-hybridized carbons (Fsp3) is 0. The van der Waals surface area contributed by atoms with E-state index in [4.69, 9.17) is 0 Å². The number of aromatic carboxylic acids is 1. The molecule has 0 saturated carbocycles. The number of phenols is 1. The van der Waals surface area contributed by atoms with Gasteiger partial charge in [-0.1, -0.05) is 42.5 Å². The van der Waals surface area contributed by atoms with Gasteiger partial charge < -0.3 is 10.2 Å². The molecule has 0 saturated heterocycles. The van der Waals surface area contributed by atoms with Gasteiger partial charge in [-0.3, -0.25) is 0 Å². The number of carboxylic acids is 1. The summed E-state index contributed by atoms with van der Waals surface area (Å²) >= 11 is 0. The number of benzene rings is 3. The average molecular weight is 264 g/mol. The highest BCUT2D eigenvalue weighted by molar-refractivity contribution is 6.09. The number of fused-ring (bicyclic) bond motifs is 1. The summed E-state index contributed by atoms with van der Waals surface area (Å²) in [5.74, 6) is -0.828. The predicted octanol–water partition coefficient (Wildman–Crippen LogP) is 3.91. The molecule has 0 heterocycles. The number of rotatable bonds is 2. The van der Waals surface area contributed by atoms with Gasteiger partial charge in [0, 0.05) is 10.9 Å². The van der Waals surface area contributed by atoms with Gasteiger partial charge in [-0.2, -0.15) is 0 Å². The van der Waals surface area contributed by atoms with Crippen LogP contribution in [0, 0.1) is 0 Å². The van der Waals surface area contributed by atoms with Crippen molar-refractivity contribution in [3.05, 3.63) is 66.2 Å². The fourth-order valence-electron chi connectivity index (χ4n) is 2.44. The molecular formula is C17H12O3. The zero-order valence-electron chi connectivity index (χ0n) is 10.6. The molecule has 0 atom stereocenters. The van der Waals surface area contributed by atoms with Gasteiger partial charge in [0.25, 0.3) is 0 Å². The maximum atomic E-state index is 11.5. The van der Waals surface area contributed by atoms with E-state index in [0.717, 1.165) is 10.9 Å². The summed E-state index contributed by atoms with van der Waals surface area (Å²) in [7, 11) is 0. The number of carbonyl (C=O) groups is 1. The molecule has 0 bridgehead atoms. The molecule has 0 aliphatic heterocycles. The van der Waals surface area contributed by atoms with Crippen molar-refractivity contribution in [2.75, 3.05) is 0 Å². The fourth-order valence-corrected chi connectivity index (χ4v) is 2.44. The van der Waals surface area contributed by atoms with Crippen LogP contribution in [0.4, 0.5) is 0 Å². The van der Waals surface area contributed by atoms with Crippen molar-refractivity contribution >= 4 is 16.7 Å². The summed E-state index contributed by atoms with van der Waals surface area (Å²) in [6.45, 7) is 0. The highest BCUT2D eigenvalue weighted by Crippen LogP contribution is 2.35. The number of carboxylic acid groups (broad SMARTS) is 1. The molecule has 0 radical (unpaired) electrons. The Labute approximate surface area is 115 Å². The molecule has 98 valence electrons. The van der Waals surface area contributed by atoms with Crippen LogP contribution in [0.3, 0.4) is 0 Å². The first-order valence-corrected chi connectivity index (χ1v) is 6.22. The Morgan fingerprint density at radius 2 is 1.55 bits per heavy atom. The van der Waals surface area contributed by atoms with Crippen LogP contribution in [0.5, 0.6) is 5.75 Å². The largest absolute Gasteiger partial charge is 0.507 e. The Morgan fingerprint density at radius 1 is 0.800 bits per heavy atom. The highest BCUT2D eigenvalue weighted by Gasteiger charge is 2.16. The van der Waals surface area contributed by atoms with Gasteiger partial charge >= 0.3 is 5.97 Å². The van der Waals surface area contributed by atoms with Gasteiger partial charge in [0.2, 0.25) is 0 Å². The molecule has 3 nitrogen and oxygen atoms in total. The minimum absolute atomic E-state index is 0.150. The minimum Gasteiger partial charge on any atom is -0.507 e. The molecule has 3 aromatic carbocycles. The molecule has 20 heavy (non-hydrogen) atoms. The normalized spacial score (nSPS) is 10.6. The van der Waals surface area contributed by atoms with Gasteiger partial charge in [0.15, 0.2) is 0 Å². The topological polar surface area (TPSA) is 57.5 Å². The van der Waals surface area contributed by atoms with Crippen LogP contribution in [0.15, 0.2) is 60.7 Å². The monoisotopic (exact) mass is 264 g/mol. The van der Waals surface area contributed by atoms with Crippen molar-refractivity contribution < 1.29 is 15.0 Å². The molecule has 0 unspecified atom stereocenters. The SMILES string of the molecule is O=C(O)c1ccc2c(O)cccc2c1-c1ccccc1. The summed E-state index contributed by atoms with van der Waals surface area (Å²) in [5, 5.41) is 20.7. The third-order valence-electron chi connectivity index (χ3n) is 3.33. The van der Waals surface area contributed by atoms with E-state index >= 15 is 0 Å². The second-order valence-corrected chi connectivity index (χ2v) is 4.53. The third kappa shape index (κ3) is 1.89. The quantitative estimate of drug-likeness (QED) is 0.737. The summed E-state index contributed by atoms with van der Waals surface area (Å²) in [4.78, 5) is 11.5. The van der Waals surface area contributed by atoms with Crippen LogP contribution in [-0.2, 0) is 0 Å². The predicted molar refractivity (Wildman–Crippen MR) is 78.0 cm³/mol. The smallest absolute Gasteiger partial charge is 0.336 e. The molecule has 3 aromatic rings. The van der Waals surface area contributed by atoms with Crippen molar-refractivity contribution in [2.45, 2.75) is 0 Å². The van der Waals surface area contributed by atoms with Crippen LogP contribution < -0.4 is 0 Å². The lowest BCUT2D eigenvalue weighted by atomic mass is 9.93. The first-order chi connectivity index (χ1) is 9.68. The maximum absolute atomic E-state index is 11.5. The molecule has 3 rings (SSSR count). The lowest BCUT2D eigenvalue weighted by molar-refractivity contribution is 0.0698. The van der Waals surface area contributed by atoms with E-state index in [0.29, 0.717) is 10.9 Å². The zero-order valence-corrected chi connectivity index (χ0v) is 10.6. The number of aromatic hydroxyl groups is 1. The Hall–Kier alpha value is -2.81. The van der Waals surface area contributed by atoms with E-state index in [1.54, 1.807) is 18.2 Å². The number of hydrogen-bond acceptors (Lipinski definition) is 2. The Morgan fingerprint density at radius 3 is 2.25 bits per heavy atom. The summed E-state index contributed by atoms with van der Waals surface area (Å²) in [6, 6.07) is 17.7. The lowest BCUT2D eigenvalue weighted by Gasteiger charge is -2.11. The second kappa shape index (κ2) is 4.70. The van der Waals surface area contributed by atoms with E-state index < -0.39 is 5.97 Å². The molecule has 0 amide bonds. The molecule has 0 aliphatic rings. The van der Waals surface area contributed by atoms with Crippen molar-refractivity contribution in [1.82, 2.24) is 0 Å². The van der Waals surface area contributed by atoms with Gasteiger partial charge in [-0.05, 0) is 29.1 Å². The Balaban J connectivity index is 2.45. The van der Waals surface area contributed by atoms with Crippen molar-refractivity contribution in [2.24, 2.45) is 0 Å². The van der Waals surface area contributed by atoms with E-state index in [2.05, 4.69) is 0 Å². The van der Waals surface area contributed by atoms with Crippen molar-refractivity contribution in [3.63, 3.8) is 0 Å². The lowest BCUT2D eigenvalue weighted by Crippen LogP contribution is -2.00. The molecule has 2 N–H and O–H groups in total. The van der Waals surface area contributed by atoms with Crippen LogP contribution in [-0.4, -0.2) is 16.2 Å². The van der Waals surface area contributed by atoms with Gasteiger partial charge in [-0.15, -0.1) is 0 Å². The first kappa shape index (κ1) is 12.2. The van der Waals surface area contributed by atoms with Crippen LogP contribution in [0.1, 0.15) is 10.4 Å². The van der Waals surface area contributed by atoms with Crippen molar-refractivity contribution in [3.8, 4) is 16.9 Å². The zero-order chi connectivity index (χ0) is 14.1. The van der Waals surface area contributed by atoms with Crippen molar-refractivity contribution in [1.29, 1.82) is 0 Å². The number of phenolic OH excluding ortho intramolecular Hbond substituents is 1. The van der Waals surface area contributed by atoms with Gasteiger partial charge in [0.05, 0.1) is 5.56 Å².